The van der Waals surface area contributed by atoms with E-state index in [0.29, 0.717) is 0 Å². The van der Waals surface area contributed by atoms with Crippen LogP contribution in [0.1, 0.15) is 33.1 Å². The van der Waals surface area contributed by atoms with Crippen LogP contribution in [0.5, 0.6) is 0 Å². The van der Waals surface area contributed by atoms with E-state index in [1.54, 1.807) is 0 Å². The maximum Gasteiger partial charge on any atom is 0.0431 e. The van der Waals surface area contributed by atoms with Crippen LogP contribution in [-0.2, 0) is 0 Å². The SMILES string of the molecule is CC(C)(Cl)CCCCO. The highest BCUT2D eigenvalue weighted by molar-refractivity contribution is 6.23. The molecule has 0 aromatic rings. The molecule has 0 unspecified atom stereocenters. The minimum atomic E-state index is -0.0881. The van der Waals surface area contributed by atoms with Crippen LogP contribution in [0, 0.1) is 0 Å². The molecule has 0 bridgehead atoms. The quantitative estimate of drug-likeness (QED) is 0.481. The third kappa shape index (κ3) is 8.25. The number of halogens is 1. The Bertz CT molecular complexity index is 65.8. The molecule has 0 amide bonds. The summed E-state index contributed by atoms with van der Waals surface area (Å²) in [5.74, 6) is 0. The topological polar surface area (TPSA) is 20.2 Å². The van der Waals surface area contributed by atoms with Gasteiger partial charge in [-0.25, -0.2) is 0 Å². The lowest BCUT2D eigenvalue weighted by molar-refractivity contribution is 0.281. The fraction of sp³-hybridized carbons (Fsp3) is 1.00. The van der Waals surface area contributed by atoms with Gasteiger partial charge in [-0.3, -0.25) is 0 Å². The summed E-state index contributed by atoms with van der Waals surface area (Å²) < 4.78 is 0. The van der Waals surface area contributed by atoms with Crippen molar-refractivity contribution in [2.24, 2.45) is 0 Å². The van der Waals surface area contributed by atoms with E-state index in [9.17, 15) is 0 Å². The first-order chi connectivity index (χ1) is 4.06. The average Bonchev–Trinajstić information content (AvgIpc) is 1.63. The molecule has 0 radical (unpaired) electrons. The standard InChI is InChI=1S/C7H15ClO/c1-7(2,8)5-3-4-6-9/h9H,3-6H2,1-2H3. The number of aliphatic hydroxyl groups excluding tert-OH is 1. The Morgan fingerprint density at radius 1 is 1.33 bits per heavy atom. The summed E-state index contributed by atoms with van der Waals surface area (Å²) in [7, 11) is 0. The van der Waals surface area contributed by atoms with Gasteiger partial charge in [0.25, 0.3) is 0 Å². The maximum atomic E-state index is 8.42. The molecule has 56 valence electrons. The molecule has 0 spiro atoms. The molecule has 0 fully saturated rings. The number of hydrogen-bond donors (Lipinski definition) is 1. The summed E-state index contributed by atoms with van der Waals surface area (Å²) in [6.45, 7) is 4.27. The normalized spacial score (nSPS) is 12.0. The fourth-order valence-corrected chi connectivity index (χ4v) is 0.791. The van der Waals surface area contributed by atoms with Crippen LogP contribution in [0.15, 0.2) is 0 Å². The van der Waals surface area contributed by atoms with Crippen LogP contribution in [0.25, 0.3) is 0 Å². The van der Waals surface area contributed by atoms with E-state index in [4.69, 9.17) is 16.7 Å². The summed E-state index contributed by atoms with van der Waals surface area (Å²) in [6, 6.07) is 0. The molecule has 0 atom stereocenters. The van der Waals surface area contributed by atoms with Crippen molar-refractivity contribution in [2.75, 3.05) is 6.61 Å². The van der Waals surface area contributed by atoms with Gasteiger partial charge in [-0.1, -0.05) is 0 Å². The van der Waals surface area contributed by atoms with E-state index in [1.807, 2.05) is 13.8 Å². The minimum Gasteiger partial charge on any atom is -0.396 e. The highest BCUT2D eigenvalue weighted by Gasteiger charge is 2.11. The van der Waals surface area contributed by atoms with Crippen molar-refractivity contribution in [2.45, 2.75) is 38.0 Å². The Labute approximate surface area is 62.0 Å². The zero-order valence-corrected chi connectivity index (χ0v) is 6.91. The van der Waals surface area contributed by atoms with Crippen LogP contribution < -0.4 is 0 Å². The predicted molar refractivity (Wildman–Crippen MR) is 40.9 cm³/mol. The van der Waals surface area contributed by atoms with Crippen molar-refractivity contribution in [3.63, 3.8) is 0 Å². The Hall–Kier alpha value is 0.250. The predicted octanol–water partition coefficient (Wildman–Crippen LogP) is 2.17. The molecule has 0 rings (SSSR count). The fourth-order valence-electron chi connectivity index (χ4n) is 0.657. The number of rotatable bonds is 4. The van der Waals surface area contributed by atoms with Gasteiger partial charge in [-0.2, -0.15) is 0 Å². The molecule has 1 nitrogen and oxygen atoms in total. The van der Waals surface area contributed by atoms with Crippen molar-refractivity contribution < 1.29 is 5.11 Å². The molecule has 2 heteroatoms. The van der Waals surface area contributed by atoms with E-state index in [2.05, 4.69) is 0 Å². The van der Waals surface area contributed by atoms with Crippen molar-refractivity contribution in [1.82, 2.24) is 0 Å². The minimum absolute atomic E-state index is 0.0881. The Kier molecular flexibility index (Phi) is 4.24. The molecule has 0 aliphatic heterocycles. The monoisotopic (exact) mass is 150 g/mol. The second kappa shape index (κ2) is 4.13. The van der Waals surface area contributed by atoms with Crippen molar-refractivity contribution in [1.29, 1.82) is 0 Å². The molecule has 0 heterocycles. The van der Waals surface area contributed by atoms with Gasteiger partial charge in [-0.05, 0) is 33.1 Å². The first-order valence-electron chi connectivity index (χ1n) is 3.36. The van der Waals surface area contributed by atoms with Crippen LogP contribution in [-0.4, -0.2) is 16.6 Å². The summed E-state index contributed by atoms with van der Waals surface area (Å²) in [6.07, 6.45) is 2.87. The lowest BCUT2D eigenvalue weighted by atomic mass is 10.1. The van der Waals surface area contributed by atoms with Gasteiger partial charge in [-0.15, -0.1) is 11.6 Å². The number of hydrogen-bond acceptors (Lipinski definition) is 1. The summed E-state index contributed by atoms with van der Waals surface area (Å²) in [4.78, 5) is -0.0881. The van der Waals surface area contributed by atoms with Crippen molar-refractivity contribution in [3.05, 3.63) is 0 Å². The molecule has 0 aromatic carbocycles. The van der Waals surface area contributed by atoms with Crippen molar-refractivity contribution in [3.8, 4) is 0 Å². The van der Waals surface area contributed by atoms with Crippen LogP contribution in [0.2, 0.25) is 0 Å². The van der Waals surface area contributed by atoms with Gasteiger partial charge in [0.05, 0.1) is 0 Å². The Morgan fingerprint density at radius 2 is 1.89 bits per heavy atom. The van der Waals surface area contributed by atoms with Gasteiger partial charge in [0.2, 0.25) is 0 Å². The zero-order valence-electron chi connectivity index (χ0n) is 6.15. The molecule has 0 saturated heterocycles. The molecule has 0 aromatic heterocycles. The Morgan fingerprint density at radius 3 is 2.22 bits per heavy atom. The second-order valence-corrected chi connectivity index (χ2v) is 3.92. The van der Waals surface area contributed by atoms with Crippen LogP contribution in [0.3, 0.4) is 0 Å². The maximum absolute atomic E-state index is 8.42. The Balaban J connectivity index is 3.07. The second-order valence-electron chi connectivity index (χ2n) is 2.90. The third-order valence-electron chi connectivity index (χ3n) is 1.18. The van der Waals surface area contributed by atoms with Crippen LogP contribution in [0.4, 0.5) is 0 Å². The largest absolute Gasteiger partial charge is 0.396 e. The molecule has 1 N–H and O–H groups in total. The van der Waals surface area contributed by atoms with Gasteiger partial charge in [0.15, 0.2) is 0 Å². The molecule has 0 aliphatic rings. The molecular weight excluding hydrogens is 136 g/mol. The molecular formula is C7H15ClO. The summed E-state index contributed by atoms with van der Waals surface area (Å²) in [5, 5.41) is 8.42. The number of unbranched alkanes of at least 4 members (excludes halogenated alkanes) is 1. The lowest BCUT2D eigenvalue weighted by Gasteiger charge is -2.13. The molecule has 0 aliphatic carbocycles. The van der Waals surface area contributed by atoms with Crippen LogP contribution >= 0.6 is 11.6 Å². The van der Waals surface area contributed by atoms with E-state index in [0.717, 1.165) is 19.3 Å². The average molecular weight is 151 g/mol. The highest BCUT2D eigenvalue weighted by Crippen LogP contribution is 2.19. The number of aliphatic hydroxyl groups is 1. The smallest absolute Gasteiger partial charge is 0.0431 e. The summed E-state index contributed by atoms with van der Waals surface area (Å²) in [5.41, 5.74) is 0. The van der Waals surface area contributed by atoms with Crippen molar-refractivity contribution >= 4 is 11.6 Å². The highest BCUT2D eigenvalue weighted by atomic mass is 35.5. The first kappa shape index (κ1) is 9.25. The first-order valence-corrected chi connectivity index (χ1v) is 3.74. The number of alkyl halides is 1. The van der Waals surface area contributed by atoms with E-state index in [1.165, 1.54) is 0 Å². The van der Waals surface area contributed by atoms with Gasteiger partial charge < -0.3 is 5.11 Å². The van der Waals surface area contributed by atoms with E-state index >= 15 is 0 Å². The van der Waals surface area contributed by atoms with Gasteiger partial charge in [0.1, 0.15) is 0 Å². The van der Waals surface area contributed by atoms with E-state index < -0.39 is 0 Å². The lowest BCUT2D eigenvalue weighted by Crippen LogP contribution is -2.09. The third-order valence-corrected chi connectivity index (χ3v) is 1.37. The molecule has 9 heavy (non-hydrogen) atoms. The molecule has 0 saturated carbocycles. The zero-order chi connectivity index (χ0) is 7.33. The van der Waals surface area contributed by atoms with E-state index in [-0.39, 0.29) is 11.5 Å². The van der Waals surface area contributed by atoms with Gasteiger partial charge >= 0.3 is 0 Å². The summed E-state index contributed by atoms with van der Waals surface area (Å²) >= 11 is 5.89. The van der Waals surface area contributed by atoms with Gasteiger partial charge in [0, 0.05) is 11.5 Å².